The van der Waals surface area contributed by atoms with E-state index < -0.39 is 162 Å². The highest BCUT2D eigenvalue weighted by molar-refractivity contribution is 7.47. The Morgan fingerprint density at radius 2 is 0.686 bits per heavy atom. The van der Waals surface area contributed by atoms with Gasteiger partial charge in [-0.25, -0.2) is 4.57 Å². The molecule has 0 aromatic carbocycles. The van der Waals surface area contributed by atoms with E-state index in [9.17, 15) is 74.6 Å². The Morgan fingerprint density at radius 3 is 1.10 bits per heavy atom. The summed E-state index contributed by atoms with van der Waals surface area (Å²) in [6.07, 6.45) is 27.7. The van der Waals surface area contributed by atoms with E-state index in [0.717, 1.165) is 148 Å². The first kappa shape index (κ1) is 109. The Balaban J connectivity index is 1.92. The fourth-order valence-electron chi connectivity index (χ4n) is 16.0. The summed E-state index contributed by atoms with van der Waals surface area (Å²) in [5.41, 5.74) is 0. The molecule has 0 aromatic heterocycles. The Bertz CT molecular complexity index is 2520. The molecule has 19 atom stereocenters. The smallest absolute Gasteiger partial charge is 0.463 e. The SMILES string of the molecule is CCCCCC/C=C\CCCCCCCCCC(=O)OCC1OC(OC2C(OC(=O)CCCCCCCCC(C)CCCCCCCC)C(O)C(O)C(OC3OC(CO)C(O)C(O)C3O)C2OP(=O)(O)OCC(COC(=O)CCCCCCCCCCCCCCC)OC(=O)CCCCCCCCCCCCCCCCC)C(O)C(O)C1O. The lowest BCUT2D eigenvalue weighted by Gasteiger charge is -2.50. The quantitative estimate of drug-likeness (QED) is 0.00889. The van der Waals surface area contributed by atoms with Crippen molar-refractivity contribution in [2.24, 2.45) is 5.92 Å². The number of phosphoric acid groups is 1. The van der Waals surface area contributed by atoms with Crippen molar-refractivity contribution in [1.82, 2.24) is 0 Å². The number of hydrogen-bond donors (Lipinski definition) is 10. The molecule has 2 heterocycles. The molecule has 0 radical (unpaired) electrons. The minimum Gasteiger partial charge on any atom is -0.463 e. The third-order valence-electron chi connectivity index (χ3n) is 23.7. The van der Waals surface area contributed by atoms with Gasteiger partial charge >= 0.3 is 31.7 Å². The normalized spacial score (nSPS) is 25.2. The molecule has 1 aliphatic carbocycles. The van der Waals surface area contributed by atoms with Crippen LogP contribution >= 0.6 is 7.82 Å². The van der Waals surface area contributed by atoms with Crippen LogP contribution in [0.4, 0.5) is 0 Å². The van der Waals surface area contributed by atoms with Gasteiger partial charge in [-0.1, -0.05) is 349 Å². The molecule has 0 amide bonds. The molecule has 694 valence electrons. The number of aliphatic hydroxyl groups is 9. The lowest BCUT2D eigenvalue weighted by atomic mass is 9.84. The number of aliphatic hydroxyl groups excluding tert-OH is 9. The molecule has 0 bridgehead atoms. The van der Waals surface area contributed by atoms with Gasteiger partial charge in [-0.05, 0) is 57.3 Å². The number of unbranched alkanes of at least 4 members (excludes halogenated alkanes) is 47. The Hall–Kier alpha value is -2.79. The molecule has 2 saturated heterocycles. The van der Waals surface area contributed by atoms with E-state index in [4.69, 9.17) is 46.9 Å². The summed E-state index contributed by atoms with van der Waals surface area (Å²) in [6, 6.07) is 0. The maximum atomic E-state index is 14.9. The second-order valence-electron chi connectivity index (χ2n) is 34.5. The van der Waals surface area contributed by atoms with Gasteiger partial charge < -0.3 is 88.7 Å². The second kappa shape index (κ2) is 70.4. The second-order valence-corrected chi connectivity index (χ2v) is 35.9. The molecular weight excluding hydrogens is 1540 g/mol. The fourth-order valence-corrected chi connectivity index (χ4v) is 16.9. The highest BCUT2D eigenvalue weighted by atomic mass is 31.2. The van der Waals surface area contributed by atoms with Crippen LogP contribution in [0.2, 0.25) is 0 Å². The number of rotatable bonds is 77. The average molecular weight is 1710 g/mol. The third kappa shape index (κ3) is 50.4. The van der Waals surface area contributed by atoms with Gasteiger partial charge in [0.15, 0.2) is 24.8 Å². The van der Waals surface area contributed by atoms with Gasteiger partial charge in [0.25, 0.3) is 0 Å². The molecule has 3 rings (SSSR count). The first-order chi connectivity index (χ1) is 57.1. The number of carbonyl (C=O) groups is 4. The summed E-state index contributed by atoms with van der Waals surface area (Å²) >= 11 is 0. The molecule has 10 N–H and O–H groups in total. The van der Waals surface area contributed by atoms with Crippen LogP contribution in [0.5, 0.6) is 0 Å². The number of esters is 4. The minimum atomic E-state index is -5.81. The van der Waals surface area contributed by atoms with Crippen molar-refractivity contribution in [2.45, 2.75) is 518 Å². The maximum Gasteiger partial charge on any atom is 0.472 e. The zero-order valence-corrected chi connectivity index (χ0v) is 75.0. The first-order valence-electron chi connectivity index (χ1n) is 47.8. The molecule has 1 saturated carbocycles. The highest BCUT2D eigenvalue weighted by Crippen LogP contribution is 2.49. The van der Waals surface area contributed by atoms with Crippen LogP contribution in [-0.4, -0.2) is 205 Å². The number of allylic oxidation sites excluding steroid dienone is 2. The summed E-state index contributed by atoms with van der Waals surface area (Å²) in [5.74, 6) is -2.33. The van der Waals surface area contributed by atoms with Crippen LogP contribution in [-0.2, 0) is 70.7 Å². The van der Waals surface area contributed by atoms with E-state index in [-0.39, 0.29) is 25.7 Å². The van der Waals surface area contributed by atoms with Gasteiger partial charge in [-0.3, -0.25) is 28.2 Å². The predicted molar refractivity (Wildman–Crippen MR) is 458 cm³/mol. The number of hydrogen-bond acceptors (Lipinski definition) is 24. The average Bonchev–Trinajstić information content (AvgIpc) is 0.754. The lowest BCUT2D eigenvalue weighted by Crippen LogP contribution is -2.70. The van der Waals surface area contributed by atoms with Crippen molar-refractivity contribution in [3.05, 3.63) is 12.2 Å². The van der Waals surface area contributed by atoms with Crippen molar-refractivity contribution in [3.8, 4) is 0 Å². The van der Waals surface area contributed by atoms with Gasteiger partial charge in [0.1, 0.15) is 92.6 Å². The van der Waals surface area contributed by atoms with Crippen LogP contribution in [0, 0.1) is 5.92 Å². The van der Waals surface area contributed by atoms with Gasteiger partial charge in [0.2, 0.25) is 0 Å². The van der Waals surface area contributed by atoms with Gasteiger partial charge in [0.05, 0.1) is 13.2 Å². The first-order valence-corrected chi connectivity index (χ1v) is 49.3. The zero-order chi connectivity index (χ0) is 86.2. The fraction of sp³-hybridized carbons (Fsp3) is 0.935. The maximum absolute atomic E-state index is 14.9. The third-order valence-corrected chi connectivity index (χ3v) is 24.7. The Morgan fingerprint density at radius 1 is 0.356 bits per heavy atom. The molecule has 118 heavy (non-hydrogen) atoms. The van der Waals surface area contributed by atoms with E-state index in [0.29, 0.717) is 38.0 Å². The largest absolute Gasteiger partial charge is 0.472 e. The van der Waals surface area contributed by atoms with Gasteiger partial charge in [-0.15, -0.1) is 0 Å². The van der Waals surface area contributed by atoms with E-state index in [1.807, 2.05) is 0 Å². The Labute approximate surface area is 712 Å². The molecular formula is C92H171O25P. The van der Waals surface area contributed by atoms with Crippen LogP contribution in [0.1, 0.15) is 413 Å². The van der Waals surface area contributed by atoms with Crippen LogP contribution in [0.15, 0.2) is 12.2 Å². The van der Waals surface area contributed by atoms with Crippen molar-refractivity contribution in [3.63, 3.8) is 0 Å². The summed E-state index contributed by atoms with van der Waals surface area (Å²) in [4.78, 5) is 66.5. The van der Waals surface area contributed by atoms with Crippen LogP contribution in [0.25, 0.3) is 0 Å². The monoisotopic (exact) mass is 1710 g/mol. The van der Waals surface area contributed by atoms with Crippen molar-refractivity contribution < 1.29 is 122 Å². The van der Waals surface area contributed by atoms with Gasteiger partial charge in [-0.2, -0.15) is 0 Å². The molecule has 0 aromatic rings. The van der Waals surface area contributed by atoms with E-state index in [1.165, 1.54) is 173 Å². The Kier molecular flexibility index (Phi) is 65.2. The molecule has 0 spiro atoms. The summed E-state index contributed by atoms with van der Waals surface area (Å²) in [5, 5.41) is 102. The van der Waals surface area contributed by atoms with E-state index in [1.54, 1.807) is 0 Å². The minimum absolute atomic E-state index is 0.0105. The molecule has 25 nitrogen and oxygen atoms in total. The molecule has 3 fully saturated rings. The number of carbonyl (C=O) groups excluding carboxylic acids is 4. The molecule has 26 heteroatoms. The van der Waals surface area contributed by atoms with Gasteiger partial charge in [0, 0.05) is 25.7 Å². The lowest BCUT2D eigenvalue weighted by molar-refractivity contribution is -0.360. The highest BCUT2D eigenvalue weighted by Gasteiger charge is 2.60. The summed E-state index contributed by atoms with van der Waals surface area (Å²) in [6.45, 7) is 7.91. The molecule has 3 aliphatic rings. The van der Waals surface area contributed by atoms with Crippen molar-refractivity contribution in [1.29, 1.82) is 0 Å². The van der Waals surface area contributed by atoms with Crippen molar-refractivity contribution in [2.75, 3.05) is 26.4 Å². The molecule has 19 unspecified atom stereocenters. The van der Waals surface area contributed by atoms with Crippen LogP contribution < -0.4 is 0 Å². The summed E-state index contributed by atoms with van der Waals surface area (Å²) < 4.78 is 73.5. The predicted octanol–water partition coefficient (Wildman–Crippen LogP) is 17.8. The van der Waals surface area contributed by atoms with Crippen molar-refractivity contribution >= 4 is 31.7 Å². The summed E-state index contributed by atoms with van der Waals surface area (Å²) in [7, 11) is -5.81. The standard InChI is InChI=1S/C92H171O25P/c1-6-10-14-18-22-25-28-31-33-36-39-42-45-52-58-64-76(95)109-70-74-80(99)82(101)86(105)92(113-74)116-89-87(114-78(97)66-60-54-48-47-50-56-62-71(5)61-55-49-21-17-13-9-4)83(102)84(103)88(115-91-85(104)81(100)79(98)73(67-93)112-91)90(89)117-118(106,107)110-69-72(68-108-75(94)63-57-51-44-41-38-35-30-27-24-20-16-12-8-3)111-77(96)65-59-53-46-43-40-37-34-32-29-26-23-19-15-11-7-2/h25,28,71-74,79-93,98-105H,6-24,26-27,29-70H2,1-5H3,(H,106,107)/b28-25-. The van der Waals surface area contributed by atoms with Crippen LogP contribution in [0.3, 0.4) is 0 Å². The van der Waals surface area contributed by atoms with E-state index >= 15 is 0 Å². The number of ether oxygens (including phenoxy) is 8. The zero-order valence-electron chi connectivity index (χ0n) is 74.1. The number of phosphoric ester groups is 1. The topological polar surface area (TPSA) is 380 Å². The van der Waals surface area contributed by atoms with E-state index in [2.05, 4.69) is 46.8 Å². The molecule has 2 aliphatic heterocycles.